The van der Waals surface area contributed by atoms with E-state index in [2.05, 4.69) is 40.0 Å². The fraction of sp³-hybridized carbons (Fsp3) is 0.312. The number of halogens is 4. The van der Waals surface area contributed by atoms with Crippen LogP contribution in [0.3, 0.4) is 0 Å². The average Bonchev–Trinajstić information content (AvgIpc) is 3.59. The summed E-state index contributed by atoms with van der Waals surface area (Å²) >= 11 is 2.94. The standard InChI is InChI=1S/C32H30BrF3N6O2/c1-18(2)13-22-16-37-42-28-17-39(30(43)21-5-10-27(33)26(15-21)32(34,35)36)20(4)14-25(28)31(44)41(29(22)42)24-8-6-23(7-9-24)40-12-11-19(3)38-40/h5-12,15-16,18,20H,13-14,17H2,1-4H3/t20-/m1/s1. The molecule has 1 atom stereocenters. The molecule has 3 aromatic heterocycles. The molecular weight excluding hydrogens is 637 g/mol. The van der Waals surface area contributed by atoms with Crippen LogP contribution in [0.15, 0.2) is 70.2 Å². The van der Waals surface area contributed by atoms with Crippen molar-refractivity contribution in [3.8, 4) is 11.4 Å². The fourth-order valence-corrected chi connectivity index (χ4v) is 6.31. The molecule has 6 rings (SSSR count). The summed E-state index contributed by atoms with van der Waals surface area (Å²) in [7, 11) is 0. The summed E-state index contributed by atoms with van der Waals surface area (Å²) < 4.78 is 45.8. The molecule has 0 bridgehead atoms. The topological polar surface area (TPSA) is 77.4 Å². The van der Waals surface area contributed by atoms with E-state index in [1.807, 2.05) is 43.5 Å². The minimum Gasteiger partial charge on any atom is -0.330 e. The van der Waals surface area contributed by atoms with Gasteiger partial charge in [-0.25, -0.2) is 9.20 Å². The van der Waals surface area contributed by atoms with Gasteiger partial charge in [-0.15, -0.1) is 0 Å². The van der Waals surface area contributed by atoms with E-state index in [0.29, 0.717) is 29.0 Å². The number of carbonyl (C=O) groups excluding carboxylic acids is 1. The van der Waals surface area contributed by atoms with Gasteiger partial charge < -0.3 is 4.90 Å². The molecule has 0 saturated heterocycles. The van der Waals surface area contributed by atoms with Crippen LogP contribution in [-0.2, 0) is 25.6 Å². The summed E-state index contributed by atoms with van der Waals surface area (Å²) in [6.45, 7) is 7.91. The number of rotatable bonds is 5. The molecule has 2 aromatic carbocycles. The number of amides is 1. The van der Waals surface area contributed by atoms with Crippen LogP contribution in [0.4, 0.5) is 13.2 Å². The van der Waals surface area contributed by atoms with Gasteiger partial charge >= 0.3 is 6.18 Å². The molecule has 8 nitrogen and oxygen atoms in total. The van der Waals surface area contributed by atoms with Crippen LogP contribution in [0.1, 0.15) is 59.2 Å². The van der Waals surface area contributed by atoms with Gasteiger partial charge in [-0.3, -0.25) is 14.2 Å². The summed E-state index contributed by atoms with van der Waals surface area (Å²) in [4.78, 5) is 29.4. The maximum absolute atomic E-state index is 14.3. The quantitative estimate of drug-likeness (QED) is 0.213. The van der Waals surface area contributed by atoms with Gasteiger partial charge in [-0.1, -0.05) is 29.8 Å². The molecule has 0 fully saturated rings. The summed E-state index contributed by atoms with van der Waals surface area (Å²) in [5, 5.41) is 9.14. The van der Waals surface area contributed by atoms with E-state index in [0.717, 1.165) is 23.0 Å². The Morgan fingerprint density at radius 2 is 1.80 bits per heavy atom. The van der Waals surface area contributed by atoms with Crippen molar-refractivity contribution in [2.75, 3.05) is 0 Å². The van der Waals surface area contributed by atoms with Crippen molar-refractivity contribution in [1.82, 2.24) is 28.9 Å². The van der Waals surface area contributed by atoms with Gasteiger partial charge in [-0.2, -0.15) is 23.4 Å². The molecule has 1 aliphatic rings. The van der Waals surface area contributed by atoms with Crippen molar-refractivity contribution in [1.29, 1.82) is 0 Å². The summed E-state index contributed by atoms with van der Waals surface area (Å²) in [6, 6.07) is 12.5. The zero-order valence-corrected chi connectivity index (χ0v) is 26.1. The first-order valence-corrected chi connectivity index (χ1v) is 15.1. The first-order chi connectivity index (χ1) is 20.8. The summed E-state index contributed by atoms with van der Waals surface area (Å²) in [6.07, 6.45) is -0.101. The van der Waals surface area contributed by atoms with E-state index in [1.54, 1.807) is 26.9 Å². The largest absolute Gasteiger partial charge is 0.417 e. The second-order valence-electron chi connectivity index (χ2n) is 11.7. The summed E-state index contributed by atoms with van der Waals surface area (Å²) in [5.74, 6) is -0.260. The molecule has 1 aliphatic heterocycles. The number of fused-ring (bicyclic) bond motifs is 3. The lowest BCUT2D eigenvalue weighted by Gasteiger charge is -2.35. The van der Waals surface area contributed by atoms with Gasteiger partial charge in [-0.05, 0) is 81.1 Å². The van der Waals surface area contributed by atoms with Gasteiger partial charge in [0.25, 0.3) is 11.5 Å². The second-order valence-corrected chi connectivity index (χ2v) is 12.5. The highest BCUT2D eigenvalue weighted by Crippen LogP contribution is 2.36. The normalized spacial score (nSPS) is 15.3. The van der Waals surface area contributed by atoms with Gasteiger partial charge in [0.2, 0.25) is 0 Å². The molecule has 44 heavy (non-hydrogen) atoms. The molecular formula is C32H30BrF3N6O2. The minimum atomic E-state index is -4.62. The Morgan fingerprint density at radius 3 is 2.43 bits per heavy atom. The van der Waals surface area contributed by atoms with Crippen LogP contribution in [0.25, 0.3) is 17.0 Å². The smallest absolute Gasteiger partial charge is 0.330 e. The van der Waals surface area contributed by atoms with E-state index < -0.39 is 23.7 Å². The maximum atomic E-state index is 14.3. The Bertz CT molecular complexity index is 1960. The molecule has 4 heterocycles. The van der Waals surface area contributed by atoms with Crippen LogP contribution in [0, 0.1) is 12.8 Å². The third-order valence-electron chi connectivity index (χ3n) is 7.95. The number of carbonyl (C=O) groups is 1. The van der Waals surface area contributed by atoms with Crippen molar-refractivity contribution in [3.05, 3.63) is 109 Å². The van der Waals surface area contributed by atoms with E-state index >= 15 is 0 Å². The number of hydrogen-bond acceptors (Lipinski definition) is 4. The van der Waals surface area contributed by atoms with Crippen molar-refractivity contribution in [3.63, 3.8) is 0 Å². The Balaban J connectivity index is 1.46. The third-order valence-corrected chi connectivity index (χ3v) is 8.64. The number of alkyl halides is 3. The maximum Gasteiger partial charge on any atom is 0.417 e. The zero-order chi connectivity index (χ0) is 31.5. The molecule has 0 radical (unpaired) electrons. The number of hydrogen-bond donors (Lipinski definition) is 0. The molecule has 0 N–H and O–H groups in total. The molecule has 5 aromatic rings. The minimum absolute atomic E-state index is 0.0275. The number of benzene rings is 2. The Hall–Kier alpha value is -4.19. The highest BCUT2D eigenvalue weighted by atomic mass is 79.9. The van der Waals surface area contributed by atoms with Crippen molar-refractivity contribution in [2.24, 2.45) is 5.92 Å². The van der Waals surface area contributed by atoms with E-state index in [4.69, 9.17) is 0 Å². The highest BCUT2D eigenvalue weighted by molar-refractivity contribution is 9.10. The first-order valence-electron chi connectivity index (χ1n) is 14.3. The SMILES string of the molecule is Cc1ccn(-c2ccc(-n3c(=O)c4c(n5ncc(CC(C)C)c35)CN(C(=O)c3ccc(Br)c(C(F)(F)F)c3)[C@H](C)C4)cc2)n1. The first kappa shape index (κ1) is 29.9. The lowest BCUT2D eigenvalue weighted by Crippen LogP contribution is -2.46. The van der Waals surface area contributed by atoms with Gasteiger partial charge in [0.1, 0.15) is 5.65 Å². The van der Waals surface area contributed by atoms with E-state index in [-0.39, 0.29) is 34.5 Å². The lowest BCUT2D eigenvalue weighted by molar-refractivity contribution is -0.138. The van der Waals surface area contributed by atoms with Crippen LogP contribution < -0.4 is 5.56 Å². The Labute approximate surface area is 259 Å². The van der Waals surface area contributed by atoms with Crippen LogP contribution in [-0.4, -0.2) is 40.8 Å². The zero-order valence-electron chi connectivity index (χ0n) is 24.6. The van der Waals surface area contributed by atoms with Gasteiger partial charge in [0.15, 0.2) is 0 Å². The Kier molecular flexibility index (Phi) is 7.51. The third kappa shape index (κ3) is 5.25. The predicted octanol–water partition coefficient (Wildman–Crippen LogP) is 6.55. The van der Waals surface area contributed by atoms with Crippen LogP contribution in [0.2, 0.25) is 0 Å². The molecule has 0 unspecified atom stereocenters. The van der Waals surface area contributed by atoms with E-state index in [1.165, 1.54) is 17.0 Å². The number of aryl methyl sites for hydroxylation is 1. The molecule has 0 spiro atoms. The molecule has 228 valence electrons. The van der Waals surface area contributed by atoms with E-state index in [9.17, 15) is 22.8 Å². The molecule has 0 aliphatic carbocycles. The number of aromatic nitrogens is 5. The van der Waals surface area contributed by atoms with Gasteiger partial charge in [0.05, 0.1) is 41.1 Å². The molecule has 0 saturated carbocycles. The van der Waals surface area contributed by atoms with Crippen LogP contribution >= 0.6 is 15.9 Å². The highest BCUT2D eigenvalue weighted by Gasteiger charge is 2.36. The summed E-state index contributed by atoms with van der Waals surface area (Å²) in [5.41, 5.74) is 3.77. The predicted molar refractivity (Wildman–Crippen MR) is 163 cm³/mol. The molecule has 12 heteroatoms. The number of nitrogens with zero attached hydrogens (tertiary/aromatic N) is 6. The second kappa shape index (κ2) is 11.1. The average molecular weight is 668 g/mol. The monoisotopic (exact) mass is 666 g/mol. The van der Waals surface area contributed by atoms with Crippen LogP contribution in [0.5, 0.6) is 0 Å². The lowest BCUT2D eigenvalue weighted by atomic mass is 9.97. The fourth-order valence-electron chi connectivity index (χ4n) is 5.83. The Morgan fingerprint density at radius 1 is 1.09 bits per heavy atom. The van der Waals surface area contributed by atoms with Crippen molar-refractivity contribution < 1.29 is 18.0 Å². The van der Waals surface area contributed by atoms with Crippen molar-refractivity contribution in [2.45, 2.75) is 59.3 Å². The van der Waals surface area contributed by atoms with Crippen molar-refractivity contribution >= 4 is 27.5 Å². The van der Waals surface area contributed by atoms with Gasteiger partial charge in [0, 0.05) is 33.4 Å². The molecule has 1 amide bonds.